The van der Waals surface area contributed by atoms with Gasteiger partial charge >= 0.3 is 0 Å². The Kier molecular flexibility index (Phi) is 6.61. The van der Waals surface area contributed by atoms with E-state index in [4.69, 9.17) is 4.74 Å². The second kappa shape index (κ2) is 9.12. The first-order valence-electron chi connectivity index (χ1n) is 9.25. The summed E-state index contributed by atoms with van der Waals surface area (Å²) in [6.45, 7) is 6.60. The Morgan fingerprint density at radius 2 is 2.19 bits per heavy atom. The van der Waals surface area contributed by atoms with Gasteiger partial charge in [-0.2, -0.15) is 0 Å². The van der Waals surface area contributed by atoms with Crippen molar-refractivity contribution in [1.82, 2.24) is 4.57 Å². The molecular formula is C21H28FN2O2+. The van der Waals surface area contributed by atoms with Crippen molar-refractivity contribution in [2.75, 3.05) is 19.8 Å². The first-order valence-corrected chi connectivity index (χ1v) is 9.25. The topological polar surface area (TPSA) is 38.8 Å². The van der Waals surface area contributed by atoms with Gasteiger partial charge in [-0.1, -0.05) is 18.2 Å². The zero-order valence-corrected chi connectivity index (χ0v) is 15.1. The molecule has 5 heteroatoms. The molecule has 1 fully saturated rings. The third-order valence-corrected chi connectivity index (χ3v) is 4.77. The van der Waals surface area contributed by atoms with Gasteiger partial charge in [0, 0.05) is 25.6 Å². The van der Waals surface area contributed by atoms with E-state index in [1.54, 1.807) is 18.2 Å². The molecule has 140 valence electrons. The molecule has 0 radical (unpaired) electrons. The molecule has 1 saturated carbocycles. The van der Waals surface area contributed by atoms with Gasteiger partial charge in [0.1, 0.15) is 25.0 Å². The number of halogens is 1. The van der Waals surface area contributed by atoms with Crippen molar-refractivity contribution in [2.45, 2.75) is 38.1 Å². The number of nitrogens with one attached hydrogen (secondary N) is 1. The highest BCUT2D eigenvalue weighted by molar-refractivity contribution is 5.18. The maximum atomic E-state index is 13.4. The van der Waals surface area contributed by atoms with E-state index in [0.717, 1.165) is 12.1 Å². The van der Waals surface area contributed by atoms with Crippen molar-refractivity contribution in [1.29, 1.82) is 0 Å². The Bertz CT molecular complexity index is 712. The summed E-state index contributed by atoms with van der Waals surface area (Å²) < 4.78 is 21.0. The number of benzene rings is 1. The molecule has 26 heavy (non-hydrogen) atoms. The van der Waals surface area contributed by atoms with Gasteiger partial charge in [0.2, 0.25) is 0 Å². The summed E-state index contributed by atoms with van der Waals surface area (Å²) in [4.78, 5) is 1.39. The number of ether oxygens (including phenoxy) is 1. The average molecular weight is 359 g/mol. The molecule has 1 aliphatic rings. The molecule has 0 bridgehead atoms. The van der Waals surface area contributed by atoms with Crippen LogP contribution in [-0.4, -0.2) is 41.6 Å². The van der Waals surface area contributed by atoms with Crippen LogP contribution < -0.4 is 4.90 Å². The highest BCUT2D eigenvalue weighted by Gasteiger charge is 2.35. The van der Waals surface area contributed by atoms with E-state index in [0.29, 0.717) is 32.3 Å². The van der Waals surface area contributed by atoms with Crippen molar-refractivity contribution in [3.63, 3.8) is 0 Å². The molecule has 2 N–H and O–H groups in total. The lowest BCUT2D eigenvalue weighted by molar-refractivity contribution is -0.928. The van der Waals surface area contributed by atoms with Gasteiger partial charge in [-0.15, -0.1) is 6.58 Å². The van der Waals surface area contributed by atoms with E-state index >= 15 is 0 Å². The Hall–Kier alpha value is -1.95. The largest absolute Gasteiger partial charge is 0.385 e. The van der Waals surface area contributed by atoms with Gasteiger partial charge in [0.25, 0.3) is 0 Å². The molecule has 3 rings (SSSR count). The number of rotatable bonds is 11. The first-order chi connectivity index (χ1) is 12.7. The average Bonchev–Trinajstić information content (AvgIpc) is 3.37. The molecule has 0 amide bonds. The summed E-state index contributed by atoms with van der Waals surface area (Å²) in [5.41, 5.74) is 2.16. The molecule has 4 nitrogen and oxygen atoms in total. The summed E-state index contributed by atoms with van der Waals surface area (Å²) in [6, 6.07) is 11.5. The molecule has 1 aromatic heterocycles. The molecule has 1 unspecified atom stereocenters. The lowest BCUT2D eigenvalue weighted by atomic mass is 10.2. The smallest absolute Gasteiger partial charge is 0.126 e. The zero-order valence-electron chi connectivity index (χ0n) is 15.1. The van der Waals surface area contributed by atoms with Crippen molar-refractivity contribution in [3.8, 4) is 0 Å². The number of aliphatic hydroxyl groups excluding tert-OH is 1. The van der Waals surface area contributed by atoms with Crippen LogP contribution in [0.15, 0.2) is 55.3 Å². The number of aliphatic hydroxyl groups is 1. The first kappa shape index (κ1) is 18.8. The molecule has 1 aliphatic carbocycles. The van der Waals surface area contributed by atoms with E-state index in [-0.39, 0.29) is 5.82 Å². The summed E-state index contributed by atoms with van der Waals surface area (Å²) in [7, 11) is 0. The minimum Gasteiger partial charge on any atom is -0.385 e. The minimum atomic E-state index is -0.475. The molecule has 2 atom stereocenters. The van der Waals surface area contributed by atoms with Gasteiger partial charge in [0.15, 0.2) is 0 Å². The van der Waals surface area contributed by atoms with Crippen LogP contribution in [-0.2, 0) is 17.8 Å². The fourth-order valence-corrected chi connectivity index (χ4v) is 3.35. The van der Waals surface area contributed by atoms with Crippen molar-refractivity contribution in [3.05, 3.63) is 72.3 Å². The van der Waals surface area contributed by atoms with Gasteiger partial charge in [-0.3, -0.25) is 0 Å². The van der Waals surface area contributed by atoms with Crippen LogP contribution in [0.4, 0.5) is 4.39 Å². The predicted molar refractivity (Wildman–Crippen MR) is 99.5 cm³/mol. The van der Waals surface area contributed by atoms with Crippen molar-refractivity contribution < 1.29 is 19.1 Å². The van der Waals surface area contributed by atoms with E-state index in [1.165, 1.54) is 29.5 Å². The molecule has 0 saturated heterocycles. The fraction of sp³-hybridized carbons (Fsp3) is 0.429. The van der Waals surface area contributed by atoms with Crippen LogP contribution in [0.1, 0.15) is 24.1 Å². The monoisotopic (exact) mass is 359 g/mol. The van der Waals surface area contributed by atoms with Crippen LogP contribution in [0.3, 0.4) is 0 Å². The van der Waals surface area contributed by atoms with Crippen LogP contribution in [0.25, 0.3) is 0 Å². The third-order valence-electron chi connectivity index (χ3n) is 4.77. The van der Waals surface area contributed by atoms with E-state index < -0.39 is 6.10 Å². The van der Waals surface area contributed by atoms with E-state index in [1.807, 2.05) is 18.3 Å². The highest BCUT2D eigenvalue weighted by atomic mass is 19.1. The van der Waals surface area contributed by atoms with Crippen LogP contribution in [0.2, 0.25) is 0 Å². The number of quaternary nitrogens is 1. The molecule has 2 aromatic rings. The SMILES string of the molecule is C=CCOC[C@@H](O)C[NH+](Cc1cccn1Cc1cccc(F)c1)C1CC1. The second-order valence-electron chi connectivity index (χ2n) is 7.05. The van der Waals surface area contributed by atoms with Crippen molar-refractivity contribution in [2.24, 2.45) is 0 Å². The summed E-state index contributed by atoms with van der Waals surface area (Å²) in [5.74, 6) is -0.205. The Labute approximate surface area is 154 Å². The Morgan fingerprint density at radius 3 is 2.92 bits per heavy atom. The maximum Gasteiger partial charge on any atom is 0.126 e. The fourth-order valence-electron chi connectivity index (χ4n) is 3.35. The van der Waals surface area contributed by atoms with Gasteiger partial charge in [-0.05, 0) is 29.8 Å². The second-order valence-corrected chi connectivity index (χ2v) is 7.05. The predicted octanol–water partition coefficient (Wildman–Crippen LogP) is 1.79. The molecule has 1 aromatic carbocycles. The van der Waals surface area contributed by atoms with Gasteiger partial charge in [-0.25, -0.2) is 4.39 Å². The van der Waals surface area contributed by atoms with E-state index in [9.17, 15) is 9.50 Å². The Balaban J connectivity index is 1.61. The van der Waals surface area contributed by atoms with Crippen LogP contribution in [0, 0.1) is 5.82 Å². The van der Waals surface area contributed by atoms with Gasteiger partial charge < -0.3 is 19.3 Å². The maximum absolute atomic E-state index is 13.4. The molecule has 0 spiro atoms. The lowest BCUT2D eigenvalue weighted by Crippen LogP contribution is -3.13. The summed E-state index contributed by atoms with van der Waals surface area (Å²) in [6.07, 6.45) is 5.67. The zero-order chi connectivity index (χ0) is 18.4. The molecule has 0 aliphatic heterocycles. The lowest BCUT2D eigenvalue weighted by Gasteiger charge is -2.23. The highest BCUT2D eigenvalue weighted by Crippen LogP contribution is 2.16. The number of nitrogens with zero attached hydrogens (tertiary/aromatic N) is 1. The standard InChI is InChI=1S/C21H27FN2O2/c1-2-11-26-16-21(25)15-24(19-8-9-19)14-20-7-4-10-23(20)13-17-5-3-6-18(22)12-17/h2-7,10,12,19,21,25H,1,8-9,11,13-16H2/p+1/t21-/m0/s1. The van der Waals surface area contributed by atoms with Crippen LogP contribution in [0.5, 0.6) is 0 Å². The third kappa shape index (κ3) is 5.53. The minimum absolute atomic E-state index is 0.205. The van der Waals surface area contributed by atoms with Gasteiger partial charge in [0.05, 0.1) is 24.9 Å². The number of hydrogen-bond acceptors (Lipinski definition) is 2. The van der Waals surface area contributed by atoms with E-state index in [2.05, 4.69) is 17.2 Å². The Morgan fingerprint density at radius 1 is 1.35 bits per heavy atom. The normalized spacial score (nSPS) is 16.4. The quantitative estimate of drug-likeness (QED) is 0.474. The number of hydrogen-bond donors (Lipinski definition) is 2. The number of aromatic nitrogens is 1. The van der Waals surface area contributed by atoms with Crippen molar-refractivity contribution >= 4 is 0 Å². The van der Waals surface area contributed by atoms with Crippen LogP contribution >= 0.6 is 0 Å². The summed E-state index contributed by atoms with van der Waals surface area (Å²) in [5, 5.41) is 10.3. The summed E-state index contributed by atoms with van der Waals surface area (Å²) >= 11 is 0. The molecule has 1 heterocycles. The molecular weight excluding hydrogens is 331 g/mol.